The van der Waals surface area contributed by atoms with E-state index >= 15 is 0 Å². The first-order valence-corrected chi connectivity index (χ1v) is 7.13. The van der Waals surface area contributed by atoms with Crippen LogP contribution in [0.1, 0.15) is 29.8 Å². The molecule has 0 aliphatic rings. The molecule has 2 aromatic rings. The first-order chi connectivity index (χ1) is 12.2. The van der Waals surface area contributed by atoms with Gasteiger partial charge >= 0.3 is 19.5 Å². The van der Waals surface area contributed by atoms with Crippen molar-refractivity contribution in [2.24, 2.45) is 5.10 Å². The molecule has 0 saturated heterocycles. The van der Waals surface area contributed by atoms with Crippen molar-refractivity contribution in [1.29, 1.82) is 0 Å². The molecule has 0 aliphatic heterocycles. The molecule has 0 fully saturated rings. The quantitative estimate of drug-likeness (QED) is 0.281. The van der Waals surface area contributed by atoms with Crippen molar-refractivity contribution >= 4 is 24.1 Å². The molecule has 0 radical (unpaired) electrons. The van der Waals surface area contributed by atoms with E-state index in [-0.39, 0.29) is 25.4 Å². The van der Waals surface area contributed by atoms with Crippen molar-refractivity contribution in [3.8, 4) is 5.75 Å². The smallest absolute Gasteiger partial charge is 0.593 e. The Bertz CT molecular complexity index is 733. The number of carboxylic acids is 2. The number of aliphatic carboxylic acids is 2. The normalized spacial score (nSPS) is 8.81. The van der Waals surface area contributed by atoms with Crippen LogP contribution in [0, 0.1) is 0 Å². The third-order valence-corrected chi connectivity index (χ3v) is 2.27. The summed E-state index contributed by atoms with van der Waals surface area (Å²) >= 11 is 0. The maximum Gasteiger partial charge on any atom is 2.00 e. The third kappa shape index (κ3) is 14.9. The maximum absolute atomic E-state index is 11.6. The second-order valence-electron chi connectivity index (χ2n) is 4.51. The second-order valence-corrected chi connectivity index (χ2v) is 4.51. The van der Waals surface area contributed by atoms with Crippen LogP contribution in [-0.2, 0) is 29.1 Å². The number of pyridine rings is 1. The monoisotopic (exact) mass is 424 g/mol. The summed E-state index contributed by atoms with van der Waals surface area (Å²) in [5.41, 5.74) is 3.53. The van der Waals surface area contributed by atoms with Gasteiger partial charge < -0.3 is 24.9 Å². The molecule has 0 aliphatic carbocycles. The Balaban J connectivity index is 0. The molecule has 10 heteroatoms. The van der Waals surface area contributed by atoms with E-state index < -0.39 is 11.9 Å². The van der Waals surface area contributed by atoms with E-state index in [1.165, 1.54) is 18.6 Å². The standard InChI is InChI=1S/C13H11N3O2.2C2H4O2.Zn/c17-12-4-2-1-3-11(12)9-15-16-13(18)10-5-7-14-8-6-10;2*1-2(3)4;/h1-9,17H,(H,16,18);2*1H3,(H,3,4);/q;;;+2/p-1/b15-9+;;;. The molecule has 0 bridgehead atoms. The molecule has 3 N–H and O–H groups in total. The first-order valence-electron chi connectivity index (χ1n) is 7.13. The molecule has 9 nitrogen and oxygen atoms in total. The van der Waals surface area contributed by atoms with E-state index in [9.17, 15) is 4.79 Å². The van der Waals surface area contributed by atoms with Gasteiger partial charge in [0.05, 0.1) is 11.8 Å². The number of hydrogen-bond donors (Lipinski definition) is 1. The van der Waals surface area contributed by atoms with Crippen LogP contribution in [-0.4, -0.2) is 34.2 Å². The van der Waals surface area contributed by atoms with Crippen LogP contribution in [0.5, 0.6) is 5.75 Å². The van der Waals surface area contributed by atoms with Crippen molar-refractivity contribution in [3.05, 3.63) is 59.9 Å². The fourth-order valence-corrected chi connectivity index (χ4v) is 1.34. The summed E-state index contributed by atoms with van der Waals surface area (Å²) in [4.78, 5) is 33.2. The number of carbonyl (C=O) groups excluding carboxylic acids is 3. The minimum absolute atomic E-state index is 0. The number of carboxylic acid groups (broad SMARTS) is 2. The summed E-state index contributed by atoms with van der Waals surface area (Å²) in [6.07, 6.45) is 4.52. The summed E-state index contributed by atoms with van der Waals surface area (Å²) in [5, 5.41) is 29.2. The van der Waals surface area contributed by atoms with Crippen molar-refractivity contribution < 1.29 is 49.2 Å². The summed E-state index contributed by atoms with van der Waals surface area (Å²) in [5.74, 6) is -2.12. The van der Waals surface area contributed by atoms with Crippen LogP contribution >= 0.6 is 0 Å². The van der Waals surface area contributed by atoms with Crippen molar-refractivity contribution in [2.45, 2.75) is 13.8 Å². The molecule has 1 aromatic carbocycles. The van der Waals surface area contributed by atoms with Gasteiger partial charge in [0.1, 0.15) is 0 Å². The molecule has 0 spiro atoms. The molecule has 27 heavy (non-hydrogen) atoms. The second kappa shape index (κ2) is 15.2. The van der Waals surface area contributed by atoms with Gasteiger partial charge in [-0.2, -0.15) is 5.10 Å². The number of para-hydroxylation sites is 1. The van der Waals surface area contributed by atoms with Gasteiger partial charge in [-0.1, -0.05) is 12.1 Å². The molecular formula is C17H18N3O6Zn+. The van der Waals surface area contributed by atoms with Gasteiger partial charge in [-0.3, -0.25) is 9.78 Å². The summed E-state index contributed by atoms with van der Waals surface area (Å²) in [6.45, 7) is 1.94. The molecule has 0 atom stereocenters. The fraction of sp³-hybridized carbons (Fsp3) is 0.118. The van der Waals surface area contributed by atoms with Gasteiger partial charge in [0.15, 0.2) is 0 Å². The average Bonchev–Trinajstić information content (AvgIpc) is 2.56. The van der Waals surface area contributed by atoms with Crippen LogP contribution < -0.4 is 15.6 Å². The number of hydrogen-bond acceptors (Lipinski definition) is 7. The minimum atomic E-state index is -1.08. The Kier molecular flexibility index (Phi) is 14.7. The predicted molar refractivity (Wildman–Crippen MR) is 90.2 cm³/mol. The molecule has 0 unspecified atom stereocenters. The average molecular weight is 426 g/mol. The summed E-state index contributed by atoms with van der Waals surface area (Å²) in [6, 6.07) is 10.2. The van der Waals surface area contributed by atoms with E-state index in [0.29, 0.717) is 16.9 Å². The van der Waals surface area contributed by atoms with Crippen LogP contribution in [0.2, 0.25) is 0 Å². The molecule has 1 heterocycles. The molecule has 2 rings (SSSR count). The molecule has 1 amide bonds. The van der Waals surface area contributed by atoms with Gasteiger partial charge in [-0.05, 0) is 32.0 Å². The number of rotatable bonds is 3. The third-order valence-electron chi connectivity index (χ3n) is 2.27. The first kappa shape index (κ1) is 26.1. The Morgan fingerprint density at radius 3 is 2.00 bits per heavy atom. The molecule has 1 aromatic heterocycles. The van der Waals surface area contributed by atoms with Gasteiger partial charge in [-0.15, -0.1) is 0 Å². The van der Waals surface area contributed by atoms with E-state index in [2.05, 4.69) is 15.5 Å². The zero-order chi connectivity index (χ0) is 19.9. The fourth-order valence-electron chi connectivity index (χ4n) is 1.34. The summed E-state index contributed by atoms with van der Waals surface area (Å²) in [7, 11) is 0. The maximum atomic E-state index is 11.6. The van der Waals surface area contributed by atoms with Gasteiger partial charge in [0.2, 0.25) is 0 Å². The molecular weight excluding hydrogens is 408 g/mol. The molecule has 138 valence electrons. The minimum Gasteiger partial charge on any atom is -0.593 e. The van der Waals surface area contributed by atoms with E-state index in [1.807, 2.05) is 6.07 Å². The van der Waals surface area contributed by atoms with E-state index in [0.717, 1.165) is 13.8 Å². The SMILES string of the molecule is CC(=O)[O-].CC(=O)[O-].O=C(N/N=C/c1ccccc1[OH2+])c1ccncc1.[Zn+2]. The van der Waals surface area contributed by atoms with Crippen LogP contribution in [0.25, 0.3) is 0 Å². The van der Waals surface area contributed by atoms with Crippen LogP contribution in [0.4, 0.5) is 0 Å². The van der Waals surface area contributed by atoms with Crippen LogP contribution in [0.3, 0.4) is 0 Å². The van der Waals surface area contributed by atoms with Gasteiger partial charge in [0.25, 0.3) is 11.7 Å². The number of nitrogens with one attached hydrogen (secondary N) is 1. The Hall–Kier alpha value is -3.13. The number of nitrogens with zero attached hydrogens (tertiary/aromatic N) is 2. The number of hydrazone groups is 1. The van der Waals surface area contributed by atoms with Crippen molar-refractivity contribution in [2.75, 3.05) is 0 Å². The van der Waals surface area contributed by atoms with Crippen LogP contribution in [0.15, 0.2) is 53.9 Å². The number of benzene rings is 1. The Morgan fingerprint density at radius 2 is 1.52 bits per heavy atom. The summed E-state index contributed by atoms with van der Waals surface area (Å²) < 4.78 is 0. The zero-order valence-electron chi connectivity index (χ0n) is 14.8. The van der Waals surface area contributed by atoms with Gasteiger partial charge in [-0.25, -0.2) is 5.43 Å². The Labute approximate surface area is 168 Å². The van der Waals surface area contributed by atoms with Crippen molar-refractivity contribution in [1.82, 2.24) is 10.4 Å². The van der Waals surface area contributed by atoms with Gasteiger partial charge in [0, 0.05) is 36.0 Å². The largest absolute Gasteiger partial charge is 2.00 e. The Morgan fingerprint density at radius 1 is 1.04 bits per heavy atom. The topological polar surface area (TPSA) is 158 Å². The number of carbonyl (C=O) groups is 3. The van der Waals surface area contributed by atoms with E-state index in [4.69, 9.17) is 24.9 Å². The van der Waals surface area contributed by atoms with Crippen molar-refractivity contribution in [3.63, 3.8) is 0 Å². The predicted octanol–water partition coefficient (Wildman–Crippen LogP) is -1.21. The number of amides is 1. The molecule has 0 saturated carbocycles. The number of aromatic nitrogens is 1. The zero-order valence-corrected chi connectivity index (χ0v) is 17.8. The van der Waals surface area contributed by atoms with E-state index in [1.54, 1.807) is 30.3 Å².